The quantitative estimate of drug-likeness (QED) is 0.691. The Balaban J connectivity index is 1.39. The van der Waals surface area contributed by atoms with Gasteiger partial charge in [0, 0.05) is 25.2 Å². The van der Waals surface area contributed by atoms with Crippen LogP contribution in [0.1, 0.15) is 82.9 Å². The van der Waals surface area contributed by atoms with Crippen molar-refractivity contribution in [3.63, 3.8) is 0 Å². The van der Waals surface area contributed by atoms with Crippen molar-refractivity contribution in [2.75, 3.05) is 6.54 Å². The van der Waals surface area contributed by atoms with Gasteiger partial charge >= 0.3 is 0 Å². The van der Waals surface area contributed by atoms with Crippen molar-refractivity contribution in [2.24, 2.45) is 5.92 Å². The minimum atomic E-state index is 0.0227. The molecule has 2 aromatic rings. The van der Waals surface area contributed by atoms with E-state index in [0.717, 1.165) is 37.8 Å². The molecule has 31 heavy (non-hydrogen) atoms. The summed E-state index contributed by atoms with van der Waals surface area (Å²) in [5.41, 5.74) is 4.94. The summed E-state index contributed by atoms with van der Waals surface area (Å²) in [5.74, 6) is 1.02. The highest BCUT2D eigenvalue weighted by Crippen LogP contribution is 2.44. The second-order valence-corrected chi connectivity index (χ2v) is 10.1. The van der Waals surface area contributed by atoms with Gasteiger partial charge in [-0.3, -0.25) is 9.59 Å². The number of nitrogens with zero attached hydrogens (tertiary/aromatic N) is 2. The molecule has 0 radical (unpaired) electrons. The van der Waals surface area contributed by atoms with Crippen molar-refractivity contribution in [2.45, 2.75) is 71.0 Å². The molecule has 3 aliphatic heterocycles. The van der Waals surface area contributed by atoms with E-state index in [9.17, 15) is 9.59 Å². The van der Waals surface area contributed by atoms with E-state index in [-0.39, 0.29) is 23.9 Å². The maximum absolute atomic E-state index is 13.7. The van der Waals surface area contributed by atoms with Crippen molar-refractivity contribution < 1.29 is 9.59 Å². The van der Waals surface area contributed by atoms with Gasteiger partial charge in [0.15, 0.2) is 0 Å². The molecule has 2 aromatic carbocycles. The van der Waals surface area contributed by atoms with Crippen LogP contribution in [-0.2, 0) is 6.54 Å². The topological polar surface area (TPSA) is 40.6 Å². The zero-order chi connectivity index (χ0) is 21.7. The summed E-state index contributed by atoms with van der Waals surface area (Å²) in [6.07, 6.45) is 4.18. The highest BCUT2D eigenvalue weighted by molar-refractivity contribution is 6.09. The number of aryl methyl sites for hydroxylation is 1. The van der Waals surface area contributed by atoms with E-state index in [4.69, 9.17) is 0 Å². The van der Waals surface area contributed by atoms with Crippen LogP contribution >= 0.6 is 0 Å². The number of hydrogen-bond acceptors (Lipinski definition) is 2. The molecule has 2 saturated heterocycles. The first-order valence-corrected chi connectivity index (χ1v) is 11.7. The monoisotopic (exact) mass is 416 g/mol. The Morgan fingerprint density at radius 2 is 1.71 bits per heavy atom. The maximum atomic E-state index is 13.7. The number of piperidine rings is 1. The third-order valence-electron chi connectivity index (χ3n) is 7.35. The Bertz CT molecular complexity index is 996. The smallest absolute Gasteiger partial charge is 0.255 e. The molecule has 0 spiro atoms. The van der Waals surface area contributed by atoms with Gasteiger partial charge in [-0.25, -0.2) is 0 Å². The highest BCUT2D eigenvalue weighted by Gasteiger charge is 2.45. The van der Waals surface area contributed by atoms with Gasteiger partial charge in [0.1, 0.15) is 0 Å². The largest absolute Gasteiger partial charge is 0.334 e. The predicted molar refractivity (Wildman–Crippen MR) is 122 cm³/mol. The molecule has 2 bridgehead atoms. The zero-order valence-corrected chi connectivity index (χ0v) is 18.8. The van der Waals surface area contributed by atoms with Gasteiger partial charge in [-0.2, -0.15) is 0 Å². The molecular formula is C27H32N2O2. The van der Waals surface area contributed by atoms with Crippen molar-refractivity contribution in [3.05, 3.63) is 70.3 Å². The van der Waals surface area contributed by atoms with Crippen LogP contribution in [0.15, 0.2) is 42.5 Å². The molecule has 3 atom stereocenters. The van der Waals surface area contributed by atoms with E-state index in [0.29, 0.717) is 29.5 Å². The van der Waals surface area contributed by atoms with Crippen molar-refractivity contribution >= 4 is 11.8 Å². The maximum Gasteiger partial charge on any atom is 0.255 e. The lowest BCUT2D eigenvalue weighted by molar-refractivity contribution is 0.0565. The molecule has 1 unspecified atom stereocenters. The number of fused-ring (bicyclic) bond motifs is 3. The Labute approximate surface area is 185 Å². The number of amides is 2. The third-order valence-corrected chi connectivity index (χ3v) is 7.35. The lowest BCUT2D eigenvalue weighted by Gasteiger charge is -2.39. The molecular weight excluding hydrogens is 384 g/mol. The lowest BCUT2D eigenvalue weighted by Crippen LogP contribution is -2.46. The number of rotatable bonds is 4. The first-order valence-electron chi connectivity index (χ1n) is 11.7. The number of carbonyl (C=O) groups is 2. The van der Waals surface area contributed by atoms with E-state index >= 15 is 0 Å². The molecule has 4 heteroatoms. The summed E-state index contributed by atoms with van der Waals surface area (Å²) in [6, 6.07) is 15.2. The molecule has 3 heterocycles. The zero-order valence-electron chi connectivity index (χ0n) is 18.8. The van der Waals surface area contributed by atoms with Crippen LogP contribution in [0.5, 0.6) is 0 Å². The molecule has 0 aliphatic carbocycles. The summed E-state index contributed by atoms with van der Waals surface area (Å²) < 4.78 is 0. The van der Waals surface area contributed by atoms with Crippen LogP contribution < -0.4 is 0 Å². The summed E-state index contributed by atoms with van der Waals surface area (Å²) in [5, 5.41) is 0. The molecule has 0 aromatic heterocycles. The van der Waals surface area contributed by atoms with E-state index in [1.54, 1.807) is 0 Å². The minimum absolute atomic E-state index is 0.0227. The fourth-order valence-electron chi connectivity index (χ4n) is 5.94. The van der Waals surface area contributed by atoms with E-state index in [1.165, 1.54) is 11.1 Å². The second kappa shape index (κ2) is 7.81. The minimum Gasteiger partial charge on any atom is -0.334 e. The Kier molecular flexibility index (Phi) is 5.11. The van der Waals surface area contributed by atoms with Gasteiger partial charge in [0.2, 0.25) is 0 Å². The fourth-order valence-corrected chi connectivity index (χ4v) is 5.94. The second-order valence-electron chi connectivity index (χ2n) is 10.1. The highest BCUT2D eigenvalue weighted by atomic mass is 16.2. The average molecular weight is 417 g/mol. The van der Waals surface area contributed by atoms with Gasteiger partial charge in [0.25, 0.3) is 11.8 Å². The van der Waals surface area contributed by atoms with Gasteiger partial charge < -0.3 is 9.80 Å². The van der Waals surface area contributed by atoms with Gasteiger partial charge in [-0.1, -0.05) is 55.8 Å². The first-order chi connectivity index (χ1) is 14.9. The summed E-state index contributed by atoms with van der Waals surface area (Å²) >= 11 is 0. The summed E-state index contributed by atoms with van der Waals surface area (Å²) in [4.78, 5) is 30.9. The SMILES string of the molecule is Cc1ccc(C2C[C@H]3CC[C@@H](C2)N3C(=O)c2cccc3c2C(=O)N(CC(C)C)C3)cc1. The summed E-state index contributed by atoms with van der Waals surface area (Å²) in [7, 11) is 0. The van der Waals surface area contributed by atoms with E-state index in [1.807, 2.05) is 23.1 Å². The molecule has 0 N–H and O–H groups in total. The Morgan fingerprint density at radius 3 is 2.35 bits per heavy atom. The van der Waals surface area contributed by atoms with Gasteiger partial charge in [-0.05, 0) is 61.6 Å². The Hall–Kier alpha value is -2.62. The van der Waals surface area contributed by atoms with Crippen LogP contribution in [0.25, 0.3) is 0 Å². The van der Waals surface area contributed by atoms with E-state index in [2.05, 4.69) is 49.9 Å². The van der Waals surface area contributed by atoms with Crippen LogP contribution in [-0.4, -0.2) is 40.2 Å². The number of hydrogen-bond donors (Lipinski definition) is 0. The predicted octanol–water partition coefficient (Wildman–Crippen LogP) is 5.16. The summed E-state index contributed by atoms with van der Waals surface area (Å²) in [6.45, 7) is 7.72. The van der Waals surface area contributed by atoms with Crippen molar-refractivity contribution in [3.8, 4) is 0 Å². The van der Waals surface area contributed by atoms with Crippen LogP contribution in [0.4, 0.5) is 0 Å². The molecule has 2 amide bonds. The molecule has 4 nitrogen and oxygen atoms in total. The molecule has 0 saturated carbocycles. The molecule has 162 valence electrons. The standard InChI is InChI=1S/C27H32N2O2/c1-17(2)15-28-16-20-5-4-6-24(25(20)27(28)31)26(30)29-22-11-12-23(29)14-21(13-22)19-9-7-18(3)8-10-19/h4-10,17,21-23H,11-16H2,1-3H3/t21?,22-,23+. The lowest BCUT2D eigenvalue weighted by atomic mass is 9.84. The number of benzene rings is 2. The van der Waals surface area contributed by atoms with Gasteiger partial charge in [-0.15, -0.1) is 0 Å². The normalized spacial score (nSPS) is 24.8. The third kappa shape index (κ3) is 3.56. The van der Waals surface area contributed by atoms with E-state index < -0.39 is 0 Å². The first kappa shape index (κ1) is 20.3. The number of carbonyl (C=O) groups excluding carboxylic acids is 2. The van der Waals surface area contributed by atoms with Crippen LogP contribution in [0, 0.1) is 12.8 Å². The Morgan fingerprint density at radius 1 is 1.03 bits per heavy atom. The molecule has 3 aliphatic rings. The van der Waals surface area contributed by atoms with Crippen LogP contribution in [0.3, 0.4) is 0 Å². The molecule has 5 rings (SSSR count). The van der Waals surface area contributed by atoms with Crippen molar-refractivity contribution in [1.29, 1.82) is 0 Å². The van der Waals surface area contributed by atoms with Crippen molar-refractivity contribution in [1.82, 2.24) is 9.80 Å². The molecule has 2 fully saturated rings. The van der Waals surface area contributed by atoms with Gasteiger partial charge in [0.05, 0.1) is 11.1 Å². The average Bonchev–Trinajstić information content (AvgIpc) is 3.20. The van der Waals surface area contributed by atoms with Crippen LogP contribution in [0.2, 0.25) is 0 Å². The fraction of sp³-hybridized carbons (Fsp3) is 0.481.